The molecule has 3 amide bonds. The van der Waals surface area contributed by atoms with Gasteiger partial charge >= 0.3 is 0 Å². The third-order valence-corrected chi connectivity index (χ3v) is 10.7. The zero-order valence-corrected chi connectivity index (χ0v) is 25.5. The molecule has 1 aromatic heterocycles. The van der Waals surface area contributed by atoms with Gasteiger partial charge in [0.05, 0.1) is 10.9 Å². The van der Waals surface area contributed by atoms with Crippen molar-refractivity contribution < 1.29 is 27.2 Å². The van der Waals surface area contributed by atoms with Crippen molar-refractivity contribution in [2.75, 3.05) is 11.9 Å². The fraction of sp³-hybridized carbons (Fsp3) is 0.517. The second kappa shape index (κ2) is 11.1. The predicted octanol–water partition coefficient (Wildman–Crippen LogP) is 3.44. The number of nitrogens with zero attached hydrogens (tertiary/aromatic N) is 2. The molecular formula is C29H36FN5O5S2. The number of sulfonamides is 1. The topological polar surface area (TPSA) is 138 Å². The Kier molecular flexibility index (Phi) is 7.94. The van der Waals surface area contributed by atoms with Crippen LogP contribution in [0.4, 0.5) is 9.52 Å². The van der Waals surface area contributed by atoms with Gasteiger partial charge < -0.3 is 15.5 Å². The van der Waals surface area contributed by atoms with Crippen molar-refractivity contribution in [3.05, 3.63) is 48.1 Å². The molecule has 4 atom stereocenters. The zero-order valence-electron chi connectivity index (χ0n) is 23.9. The first-order chi connectivity index (χ1) is 19.7. The van der Waals surface area contributed by atoms with E-state index in [4.69, 9.17) is 0 Å². The molecule has 0 spiro atoms. The van der Waals surface area contributed by atoms with Gasteiger partial charge in [-0.2, -0.15) is 0 Å². The van der Waals surface area contributed by atoms with Gasteiger partial charge in [0, 0.05) is 23.4 Å². The molecule has 0 radical (unpaired) electrons. The number of carbonyl (C=O) groups is 3. The molecule has 42 heavy (non-hydrogen) atoms. The van der Waals surface area contributed by atoms with Crippen molar-refractivity contribution in [3.8, 4) is 11.3 Å². The third-order valence-electron chi connectivity index (χ3n) is 8.11. The number of thiazole rings is 1. The summed E-state index contributed by atoms with van der Waals surface area (Å²) in [6.45, 7) is 9.85. The van der Waals surface area contributed by atoms with E-state index < -0.39 is 56.0 Å². The first-order valence-electron chi connectivity index (χ1n) is 14.0. The van der Waals surface area contributed by atoms with Crippen molar-refractivity contribution >= 4 is 44.2 Å². The summed E-state index contributed by atoms with van der Waals surface area (Å²) >= 11 is 1.32. The van der Waals surface area contributed by atoms with Crippen LogP contribution >= 0.6 is 11.3 Å². The van der Waals surface area contributed by atoms with E-state index >= 15 is 0 Å². The number of hydrogen-bond donors (Lipinski definition) is 3. The average molecular weight is 618 g/mol. The molecule has 0 bridgehead atoms. The number of nitrogens with one attached hydrogen (secondary N) is 3. The maximum absolute atomic E-state index is 14.0. The van der Waals surface area contributed by atoms with Crippen LogP contribution in [0.1, 0.15) is 52.9 Å². The molecule has 3 N–H and O–H groups in total. The highest BCUT2D eigenvalue weighted by atomic mass is 32.2. The van der Waals surface area contributed by atoms with Gasteiger partial charge in [-0.25, -0.2) is 17.8 Å². The molecule has 1 saturated heterocycles. The molecule has 5 rings (SSSR count). The molecular weight excluding hydrogens is 581 g/mol. The standard InChI is InChI=1S/C29H36FN5O5S2/c1-5-18-15-29(18,26(38)34-42(39,40)20-12-13-20)33-24(36)22-7-6-14-35(22)25(37)23(28(2,3)4)32-27-31-21(16-41-27)17-8-10-19(30)11-9-17/h5,8-11,16,18,20,22-23H,1,6-7,12-15H2,2-4H3,(H,31,32)(H,33,36)(H,34,38)/t18-,22+,23-,29-/m1/s1. The van der Waals surface area contributed by atoms with Crippen LogP contribution in [0.2, 0.25) is 0 Å². The van der Waals surface area contributed by atoms with Crippen LogP contribution < -0.4 is 15.4 Å². The van der Waals surface area contributed by atoms with Crippen LogP contribution in [0.5, 0.6) is 0 Å². The zero-order chi connectivity index (χ0) is 30.4. The lowest BCUT2D eigenvalue weighted by atomic mass is 9.85. The fourth-order valence-electron chi connectivity index (χ4n) is 5.35. The number of amides is 3. The quantitative estimate of drug-likeness (QED) is 0.348. The smallest absolute Gasteiger partial charge is 0.259 e. The number of halogens is 1. The third kappa shape index (κ3) is 6.07. The Morgan fingerprint density at radius 3 is 2.48 bits per heavy atom. The summed E-state index contributed by atoms with van der Waals surface area (Å²) in [6.07, 6.45) is 3.80. The Bertz CT molecular complexity index is 1500. The van der Waals surface area contributed by atoms with Crippen molar-refractivity contribution in [2.45, 2.75) is 75.7 Å². The summed E-state index contributed by atoms with van der Waals surface area (Å²) in [7, 11) is -3.80. The van der Waals surface area contributed by atoms with Gasteiger partial charge in [-0.3, -0.25) is 19.1 Å². The van der Waals surface area contributed by atoms with E-state index in [2.05, 4.69) is 26.9 Å². The minimum absolute atomic E-state index is 0.238. The first-order valence-corrected chi connectivity index (χ1v) is 16.5. The molecule has 2 saturated carbocycles. The SMILES string of the molecule is C=C[C@@H]1C[C@]1(NC(=O)[C@@H]1CCCN1C(=O)[C@@H](Nc1nc(-c2ccc(F)cc2)cs1)C(C)(C)C)C(=O)NS(=O)(=O)C1CC1. The highest BCUT2D eigenvalue weighted by molar-refractivity contribution is 7.91. The number of rotatable bonds is 10. The lowest BCUT2D eigenvalue weighted by Crippen LogP contribution is -2.58. The molecule has 2 aliphatic carbocycles. The molecule has 2 heterocycles. The lowest BCUT2D eigenvalue weighted by molar-refractivity contribution is -0.141. The number of likely N-dealkylation sites (tertiary alicyclic amines) is 1. The number of aromatic nitrogens is 1. The van der Waals surface area contributed by atoms with E-state index in [1.54, 1.807) is 12.1 Å². The van der Waals surface area contributed by atoms with Crippen LogP contribution in [-0.2, 0) is 24.4 Å². The van der Waals surface area contributed by atoms with Crippen molar-refractivity contribution in [3.63, 3.8) is 0 Å². The van der Waals surface area contributed by atoms with Crippen molar-refractivity contribution in [2.24, 2.45) is 11.3 Å². The summed E-state index contributed by atoms with van der Waals surface area (Å²) in [4.78, 5) is 46.8. The Labute approximate surface area is 249 Å². The summed E-state index contributed by atoms with van der Waals surface area (Å²) in [5.41, 5.74) is -0.561. The van der Waals surface area contributed by atoms with E-state index in [0.717, 1.165) is 5.56 Å². The molecule has 226 valence electrons. The average Bonchev–Trinajstić information content (AvgIpc) is 3.80. The van der Waals surface area contributed by atoms with Gasteiger partial charge in [-0.05, 0) is 61.8 Å². The molecule has 2 aromatic rings. The maximum atomic E-state index is 14.0. The summed E-state index contributed by atoms with van der Waals surface area (Å²) in [5.74, 6) is -2.29. The summed E-state index contributed by atoms with van der Waals surface area (Å²) in [6, 6.07) is 4.46. The van der Waals surface area contributed by atoms with Crippen LogP contribution in [0.15, 0.2) is 42.3 Å². The first kappa shape index (κ1) is 30.1. The van der Waals surface area contributed by atoms with Crippen molar-refractivity contribution in [1.29, 1.82) is 0 Å². The van der Waals surface area contributed by atoms with Crippen LogP contribution in [-0.4, -0.2) is 65.4 Å². The summed E-state index contributed by atoms with van der Waals surface area (Å²) < 4.78 is 40.3. The second-order valence-corrected chi connectivity index (χ2v) is 15.2. The normalized spacial score (nSPS) is 24.5. The van der Waals surface area contributed by atoms with Crippen molar-refractivity contribution in [1.82, 2.24) is 19.9 Å². The maximum Gasteiger partial charge on any atom is 0.259 e. The molecule has 10 nitrogen and oxygen atoms in total. The summed E-state index contributed by atoms with van der Waals surface area (Å²) in [5, 5.41) is 7.81. The number of anilines is 1. The predicted molar refractivity (Wildman–Crippen MR) is 158 cm³/mol. The number of hydrogen-bond acceptors (Lipinski definition) is 8. The molecule has 0 unspecified atom stereocenters. The van der Waals surface area contributed by atoms with Gasteiger partial charge in [0.1, 0.15) is 23.4 Å². The van der Waals surface area contributed by atoms with Gasteiger partial charge in [-0.1, -0.05) is 26.8 Å². The highest BCUT2D eigenvalue weighted by Crippen LogP contribution is 2.45. The Morgan fingerprint density at radius 1 is 1.19 bits per heavy atom. The van der Waals surface area contributed by atoms with Gasteiger partial charge in [0.2, 0.25) is 21.8 Å². The highest BCUT2D eigenvalue weighted by Gasteiger charge is 2.61. The number of carbonyl (C=O) groups excluding carboxylic acids is 3. The fourth-order valence-corrected chi connectivity index (χ4v) is 7.47. The largest absolute Gasteiger partial charge is 0.349 e. The number of benzene rings is 1. The molecule has 1 aromatic carbocycles. The second-order valence-electron chi connectivity index (χ2n) is 12.4. The monoisotopic (exact) mass is 617 g/mol. The van der Waals surface area contributed by atoms with E-state index in [1.165, 1.54) is 34.4 Å². The lowest BCUT2D eigenvalue weighted by Gasteiger charge is -2.35. The van der Waals surface area contributed by atoms with Crippen LogP contribution in [0, 0.1) is 17.2 Å². The molecule has 1 aliphatic heterocycles. The molecule has 3 fully saturated rings. The van der Waals surface area contributed by atoms with Gasteiger partial charge in [0.25, 0.3) is 5.91 Å². The van der Waals surface area contributed by atoms with E-state index in [-0.39, 0.29) is 18.1 Å². The van der Waals surface area contributed by atoms with Crippen LogP contribution in [0.25, 0.3) is 11.3 Å². The molecule has 3 aliphatic rings. The van der Waals surface area contributed by atoms with Gasteiger partial charge in [0.15, 0.2) is 5.13 Å². The Morgan fingerprint density at radius 2 is 1.88 bits per heavy atom. The van der Waals surface area contributed by atoms with E-state index in [9.17, 15) is 27.2 Å². The Balaban J connectivity index is 1.30. The molecule has 13 heteroatoms. The van der Waals surface area contributed by atoms with E-state index in [1.807, 2.05) is 26.2 Å². The minimum Gasteiger partial charge on any atom is -0.349 e. The van der Waals surface area contributed by atoms with Crippen LogP contribution in [0.3, 0.4) is 0 Å². The van der Waals surface area contributed by atoms with E-state index in [0.29, 0.717) is 43.1 Å². The minimum atomic E-state index is -3.80. The Hall–Kier alpha value is -3.32. The van der Waals surface area contributed by atoms with Gasteiger partial charge in [-0.15, -0.1) is 17.9 Å².